The van der Waals surface area contributed by atoms with E-state index in [0.29, 0.717) is 37.4 Å². The fourth-order valence-electron chi connectivity index (χ4n) is 2.86. The van der Waals surface area contributed by atoms with Crippen LogP contribution in [-0.2, 0) is 21.2 Å². The van der Waals surface area contributed by atoms with Gasteiger partial charge in [0.15, 0.2) is 0 Å². The van der Waals surface area contributed by atoms with Crippen molar-refractivity contribution in [3.8, 4) is 0 Å². The van der Waals surface area contributed by atoms with Gasteiger partial charge in [-0.2, -0.15) is 0 Å². The fraction of sp³-hybridized carbons (Fsp3) is 0.278. The number of ether oxygens (including phenoxy) is 1. The number of sulfonamides is 1. The number of nitrogens with zero attached hydrogens (tertiary/aromatic N) is 1. The lowest BCUT2D eigenvalue weighted by molar-refractivity contribution is 0.0937. The Balaban J connectivity index is 1.84. The molecule has 1 aliphatic rings. The molecule has 0 saturated heterocycles. The van der Waals surface area contributed by atoms with Crippen LogP contribution in [-0.4, -0.2) is 41.1 Å². The number of amides is 1. The average Bonchev–Trinajstić information content (AvgIpc) is 3.06. The Kier molecular flexibility index (Phi) is 5.64. The van der Waals surface area contributed by atoms with Crippen molar-refractivity contribution in [1.82, 2.24) is 5.32 Å². The molecule has 0 aromatic heterocycles. The molecule has 0 aliphatic carbocycles. The number of anilines is 1. The van der Waals surface area contributed by atoms with Crippen molar-refractivity contribution in [3.05, 3.63) is 58.1 Å². The normalized spacial score (nSPS) is 13.5. The predicted octanol–water partition coefficient (Wildman–Crippen LogP) is 2.58. The number of carbonyl (C=O) groups is 1. The van der Waals surface area contributed by atoms with E-state index in [-0.39, 0.29) is 10.8 Å². The van der Waals surface area contributed by atoms with Gasteiger partial charge in [0.05, 0.1) is 17.2 Å². The van der Waals surface area contributed by atoms with E-state index in [1.165, 1.54) is 4.31 Å². The van der Waals surface area contributed by atoms with Crippen LogP contribution in [0, 0.1) is 0 Å². The molecule has 2 aromatic rings. The third kappa shape index (κ3) is 3.77. The van der Waals surface area contributed by atoms with Gasteiger partial charge in [-0.15, -0.1) is 0 Å². The third-order valence-electron chi connectivity index (χ3n) is 4.19. The maximum Gasteiger partial charge on any atom is 0.264 e. The molecule has 2 aromatic carbocycles. The van der Waals surface area contributed by atoms with Gasteiger partial charge >= 0.3 is 0 Å². The van der Waals surface area contributed by atoms with Gasteiger partial charge in [-0.25, -0.2) is 8.42 Å². The highest BCUT2D eigenvalue weighted by atomic mass is 79.9. The maximum absolute atomic E-state index is 12.9. The molecule has 0 unspecified atom stereocenters. The largest absolute Gasteiger partial charge is 0.383 e. The molecule has 1 N–H and O–H groups in total. The summed E-state index contributed by atoms with van der Waals surface area (Å²) >= 11 is 3.31. The summed E-state index contributed by atoms with van der Waals surface area (Å²) in [5.74, 6) is -0.195. The van der Waals surface area contributed by atoms with Crippen molar-refractivity contribution in [2.24, 2.45) is 0 Å². The van der Waals surface area contributed by atoms with Gasteiger partial charge < -0.3 is 10.1 Å². The summed E-state index contributed by atoms with van der Waals surface area (Å²) in [6.07, 6.45) is 0.574. The third-order valence-corrected chi connectivity index (χ3v) is 6.54. The van der Waals surface area contributed by atoms with Crippen molar-refractivity contribution in [1.29, 1.82) is 0 Å². The first-order valence-electron chi connectivity index (χ1n) is 8.12. The first-order valence-corrected chi connectivity index (χ1v) is 10.3. The smallest absolute Gasteiger partial charge is 0.264 e. The molecule has 0 bridgehead atoms. The molecule has 8 heteroatoms. The minimum Gasteiger partial charge on any atom is -0.383 e. The van der Waals surface area contributed by atoms with Crippen molar-refractivity contribution < 1.29 is 17.9 Å². The topological polar surface area (TPSA) is 75.7 Å². The molecule has 0 spiro atoms. The number of hydrogen-bond acceptors (Lipinski definition) is 4. The zero-order chi connectivity index (χ0) is 18.7. The van der Waals surface area contributed by atoms with Gasteiger partial charge in [0.2, 0.25) is 0 Å². The molecule has 0 saturated carbocycles. The summed E-state index contributed by atoms with van der Waals surface area (Å²) in [4.78, 5) is 12.4. The lowest BCUT2D eigenvalue weighted by Crippen LogP contribution is -2.29. The number of nitrogens with one attached hydrogen (secondary N) is 1. The number of carbonyl (C=O) groups excluding carboxylic acids is 1. The quantitative estimate of drug-likeness (QED) is 0.703. The van der Waals surface area contributed by atoms with Crippen LogP contribution in [0.5, 0.6) is 0 Å². The van der Waals surface area contributed by atoms with Gasteiger partial charge in [-0.1, -0.05) is 15.9 Å². The van der Waals surface area contributed by atoms with E-state index in [9.17, 15) is 13.2 Å². The van der Waals surface area contributed by atoms with Crippen LogP contribution in [0.4, 0.5) is 5.69 Å². The van der Waals surface area contributed by atoms with Crippen molar-refractivity contribution in [2.45, 2.75) is 11.3 Å². The number of benzene rings is 2. The van der Waals surface area contributed by atoms with Crippen LogP contribution >= 0.6 is 15.9 Å². The SMILES string of the molecule is COCCNC(=O)c1ccc2c(c1)CCN2S(=O)(=O)c1ccc(Br)cc1. The zero-order valence-corrected chi connectivity index (χ0v) is 16.6. The van der Waals surface area contributed by atoms with E-state index >= 15 is 0 Å². The Bertz CT molecular complexity index is 913. The van der Waals surface area contributed by atoms with Crippen molar-refractivity contribution in [2.75, 3.05) is 31.1 Å². The Morgan fingerprint density at radius 3 is 2.65 bits per heavy atom. The summed E-state index contributed by atoms with van der Waals surface area (Å²) in [6.45, 7) is 1.23. The minimum atomic E-state index is -3.62. The van der Waals surface area contributed by atoms with Crippen LogP contribution < -0.4 is 9.62 Å². The number of rotatable bonds is 6. The minimum absolute atomic E-state index is 0.195. The van der Waals surface area contributed by atoms with Crippen LogP contribution in [0.15, 0.2) is 51.8 Å². The summed E-state index contributed by atoms with van der Waals surface area (Å²) in [5.41, 5.74) is 1.99. The van der Waals surface area contributed by atoms with Crippen molar-refractivity contribution in [3.63, 3.8) is 0 Å². The van der Waals surface area contributed by atoms with E-state index < -0.39 is 10.0 Å². The highest BCUT2D eigenvalue weighted by Crippen LogP contribution is 2.33. The van der Waals surface area contributed by atoms with E-state index in [0.717, 1.165) is 10.0 Å². The first kappa shape index (κ1) is 18.9. The first-order chi connectivity index (χ1) is 12.4. The molecular weight excluding hydrogens is 420 g/mol. The molecular formula is C18H19BrN2O4S. The van der Waals surface area contributed by atoms with Gasteiger partial charge in [-0.05, 0) is 54.4 Å². The Morgan fingerprint density at radius 2 is 1.96 bits per heavy atom. The number of methoxy groups -OCH3 is 1. The summed E-state index contributed by atoms with van der Waals surface area (Å²) in [6, 6.07) is 11.7. The fourth-order valence-corrected chi connectivity index (χ4v) is 4.63. The van der Waals surface area contributed by atoms with Crippen molar-refractivity contribution >= 4 is 37.5 Å². The Hall–Kier alpha value is -1.90. The van der Waals surface area contributed by atoms with E-state index in [1.807, 2.05) is 0 Å². The van der Waals surface area contributed by atoms with Crippen LogP contribution in [0.25, 0.3) is 0 Å². The van der Waals surface area contributed by atoms with Crippen LogP contribution in [0.2, 0.25) is 0 Å². The number of halogens is 1. The molecule has 1 heterocycles. The van der Waals surface area contributed by atoms with Gasteiger partial charge in [0.25, 0.3) is 15.9 Å². The highest BCUT2D eigenvalue weighted by Gasteiger charge is 2.31. The molecule has 1 aliphatic heterocycles. The van der Waals surface area contributed by atoms with Gasteiger partial charge in [0, 0.05) is 30.2 Å². The van der Waals surface area contributed by atoms with Crippen LogP contribution in [0.1, 0.15) is 15.9 Å². The van der Waals surface area contributed by atoms with E-state index in [4.69, 9.17) is 4.74 Å². The molecule has 138 valence electrons. The molecule has 0 radical (unpaired) electrons. The maximum atomic E-state index is 12.9. The summed E-state index contributed by atoms with van der Waals surface area (Å²) in [7, 11) is -2.05. The molecule has 26 heavy (non-hydrogen) atoms. The lowest BCUT2D eigenvalue weighted by Gasteiger charge is -2.19. The Morgan fingerprint density at radius 1 is 1.23 bits per heavy atom. The standard InChI is InChI=1S/C18H19BrN2O4S/c1-25-11-9-20-18(22)14-2-7-17-13(12-14)8-10-21(17)26(23,24)16-5-3-15(19)4-6-16/h2-7,12H,8-11H2,1H3,(H,20,22). The van der Waals surface area contributed by atoms with E-state index in [1.54, 1.807) is 49.6 Å². The van der Waals surface area contributed by atoms with Crippen LogP contribution in [0.3, 0.4) is 0 Å². The van der Waals surface area contributed by atoms with E-state index in [2.05, 4.69) is 21.2 Å². The number of fused-ring (bicyclic) bond motifs is 1. The number of hydrogen-bond donors (Lipinski definition) is 1. The second-order valence-electron chi connectivity index (χ2n) is 5.87. The second kappa shape index (κ2) is 7.77. The van der Waals surface area contributed by atoms with Gasteiger partial charge in [-0.3, -0.25) is 9.10 Å². The predicted molar refractivity (Wildman–Crippen MR) is 103 cm³/mol. The Labute approximate surface area is 161 Å². The molecule has 0 atom stereocenters. The molecule has 3 rings (SSSR count). The summed E-state index contributed by atoms with van der Waals surface area (Å²) < 4.78 is 33.0. The van der Waals surface area contributed by atoms with Gasteiger partial charge in [0.1, 0.15) is 0 Å². The zero-order valence-electron chi connectivity index (χ0n) is 14.2. The second-order valence-corrected chi connectivity index (χ2v) is 8.65. The average molecular weight is 439 g/mol. The monoisotopic (exact) mass is 438 g/mol. The lowest BCUT2D eigenvalue weighted by atomic mass is 10.1. The molecule has 1 amide bonds. The molecule has 0 fully saturated rings. The highest BCUT2D eigenvalue weighted by molar-refractivity contribution is 9.10. The molecule has 6 nitrogen and oxygen atoms in total. The summed E-state index contributed by atoms with van der Waals surface area (Å²) in [5, 5.41) is 2.76.